The van der Waals surface area contributed by atoms with Crippen molar-refractivity contribution < 1.29 is 5.21 Å². The number of anilines is 1. The highest BCUT2D eigenvalue weighted by atomic mass is 35.5. The summed E-state index contributed by atoms with van der Waals surface area (Å²) >= 11 is 6.08. The van der Waals surface area contributed by atoms with Gasteiger partial charge in [-0.2, -0.15) is 0 Å². The minimum atomic E-state index is 0.114. The largest absolute Gasteiger partial charge is 0.409 e. The first-order chi connectivity index (χ1) is 9.52. The van der Waals surface area contributed by atoms with Crippen LogP contribution in [0.3, 0.4) is 0 Å². The Kier molecular flexibility index (Phi) is 4.73. The van der Waals surface area contributed by atoms with Gasteiger partial charge in [-0.15, -0.1) is 0 Å². The zero-order chi connectivity index (χ0) is 14.7. The second-order valence-corrected chi connectivity index (χ2v) is 5.70. The number of piperazine rings is 1. The van der Waals surface area contributed by atoms with Crippen molar-refractivity contribution in [2.75, 3.05) is 31.1 Å². The summed E-state index contributed by atoms with van der Waals surface area (Å²) in [4.78, 5) is 4.67. The van der Waals surface area contributed by atoms with Crippen LogP contribution >= 0.6 is 11.6 Å². The minimum Gasteiger partial charge on any atom is -0.409 e. The molecule has 1 saturated heterocycles. The van der Waals surface area contributed by atoms with Crippen LogP contribution < -0.4 is 10.6 Å². The van der Waals surface area contributed by atoms with Crippen molar-refractivity contribution in [2.24, 2.45) is 10.9 Å². The highest BCUT2D eigenvalue weighted by molar-refractivity contribution is 6.31. The van der Waals surface area contributed by atoms with Gasteiger partial charge >= 0.3 is 0 Å². The number of nitrogens with zero attached hydrogens (tertiary/aromatic N) is 3. The molecule has 1 heterocycles. The number of nitrogens with two attached hydrogens (primary N) is 1. The van der Waals surface area contributed by atoms with Crippen LogP contribution in [0.25, 0.3) is 0 Å². The van der Waals surface area contributed by atoms with Gasteiger partial charge in [0, 0.05) is 48.5 Å². The number of rotatable bonds is 3. The first-order valence-corrected chi connectivity index (χ1v) is 7.17. The molecule has 1 aromatic carbocycles. The van der Waals surface area contributed by atoms with E-state index >= 15 is 0 Å². The molecule has 2 rings (SSSR count). The fourth-order valence-corrected chi connectivity index (χ4v) is 2.68. The molecule has 0 aromatic heterocycles. The van der Waals surface area contributed by atoms with Crippen molar-refractivity contribution in [3.8, 4) is 0 Å². The Balaban J connectivity index is 2.23. The van der Waals surface area contributed by atoms with Crippen molar-refractivity contribution in [3.63, 3.8) is 0 Å². The van der Waals surface area contributed by atoms with Crippen LogP contribution in [0.4, 0.5) is 5.69 Å². The minimum absolute atomic E-state index is 0.114. The summed E-state index contributed by atoms with van der Waals surface area (Å²) in [5, 5.41) is 12.7. The molecular formula is C14H21ClN4O. The third-order valence-electron chi connectivity index (χ3n) is 3.73. The molecule has 0 radical (unpaired) electrons. The Labute approximate surface area is 124 Å². The van der Waals surface area contributed by atoms with Gasteiger partial charge in [-0.3, -0.25) is 4.90 Å². The van der Waals surface area contributed by atoms with Crippen LogP contribution in [0.2, 0.25) is 5.02 Å². The molecule has 0 bridgehead atoms. The lowest BCUT2D eigenvalue weighted by atomic mass is 10.1. The Morgan fingerprint density at radius 2 is 1.95 bits per heavy atom. The number of amidine groups is 1. The molecule has 1 aliphatic heterocycles. The number of oxime groups is 1. The predicted molar refractivity (Wildman–Crippen MR) is 82.9 cm³/mol. The van der Waals surface area contributed by atoms with Crippen LogP contribution in [-0.2, 0) is 0 Å². The average molecular weight is 297 g/mol. The molecule has 5 nitrogen and oxygen atoms in total. The maximum atomic E-state index is 8.90. The molecule has 0 amide bonds. The van der Waals surface area contributed by atoms with Gasteiger partial charge in [0.25, 0.3) is 0 Å². The summed E-state index contributed by atoms with van der Waals surface area (Å²) in [6.07, 6.45) is 0. The molecule has 110 valence electrons. The maximum Gasteiger partial charge on any atom is 0.172 e. The lowest BCUT2D eigenvalue weighted by Crippen LogP contribution is -2.49. The quantitative estimate of drug-likeness (QED) is 0.387. The van der Waals surface area contributed by atoms with Crippen molar-refractivity contribution in [3.05, 3.63) is 28.8 Å². The third-order valence-corrected chi connectivity index (χ3v) is 3.96. The third kappa shape index (κ3) is 3.16. The summed E-state index contributed by atoms with van der Waals surface area (Å²) in [6.45, 7) is 8.22. The van der Waals surface area contributed by atoms with Crippen LogP contribution in [0.5, 0.6) is 0 Å². The van der Waals surface area contributed by atoms with Gasteiger partial charge in [-0.05, 0) is 32.0 Å². The van der Waals surface area contributed by atoms with Crippen molar-refractivity contribution in [1.29, 1.82) is 0 Å². The molecule has 0 unspecified atom stereocenters. The van der Waals surface area contributed by atoms with Gasteiger partial charge in [-0.1, -0.05) is 16.8 Å². The molecule has 0 atom stereocenters. The highest BCUT2D eigenvalue weighted by Gasteiger charge is 2.21. The Bertz CT molecular complexity index is 496. The normalized spacial score (nSPS) is 17.8. The number of hydrogen-bond donors (Lipinski definition) is 2. The summed E-state index contributed by atoms with van der Waals surface area (Å²) in [5.41, 5.74) is 7.39. The molecule has 3 N–H and O–H groups in total. The van der Waals surface area contributed by atoms with Crippen molar-refractivity contribution in [2.45, 2.75) is 19.9 Å². The highest BCUT2D eigenvalue weighted by Crippen LogP contribution is 2.26. The fourth-order valence-electron chi connectivity index (χ4n) is 2.52. The lowest BCUT2D eigenvalue weighted by molar-refractivity contribution is 0.209. The second-order valence-electron chi connectivity index (χ2n) is 5.26. The molecule has 1 fully saturated rings. The average Bonchev–Trinajstić information content (AvgIpc) is 2.46. The molecule has 20 heavy (non-hydrogen) atoms. The summed E-state index contributed by atoms with van der Waals surface area (Å²) in [5.74, 6) is 0.114. The number of halogens is 1. The van der Waals surface area contributed by atoms with E-state index in [0.717, 1.165) is 37.4 Å². The summed E-state index contributed by atoms with van der Waals surface area (Å²) in [6, 6.07) is 5.98. The molecule has 6 heteroatoms. The van der Waals surface area contributed by atoms with E-state index in [-0.39, 0.29) is 5.84 Å². The van der Waals surface area contributed by atoms with Gasteiger partial charge in [0.15, 0.2) is 5.84 Å². The van der Waals surface area contributed by atoms with Crippen LogP contribution in [0.15, 0.2) is 23.4 Å². The Hall–Kier alpha value is -1.46. The van der Waals surface area contributed by atoms with Gasteiger partial charge in [0.05, 0.1) is 0 Å². The van der Waals surface area contributed by atoms with E-state index in [1.54, 1.807) is 12.1 Å². The first-order valence-electron chi connectivity index (χ1n) is 6.79. The van der Waals surface area contributed by atoms with E-state index in [1.165, 1.54) is 0 Å². The zero-order valence-electron chi connectivity index (χ0n) is 11.9. The van der Waals surface area contributed by atoms with E-state index in [1.807, 2.05) is 6.07 Å². The summed E-state index contributed by atoms with van der Waals surface area (Å²) in [7, 11) is 0. The van der Waals surface area contributed by atoms with Gasteiger partial charge in [0.2, 0.25) is 0 Å². The number of benzene rings is 1. The second kappa shape index (κ2) is 6.33. The van der Waals surface area contributed by atoms with Gasteiger partial charge in [-0.25, -0.2) is 0 Å². The van der Waals surface area contributed by atoms with Crippen molar-refractivity contribution >= 4 is 23.1 Å². The Morgan fingerprint density at radius 3 is 2.50 bits per heavy atom. The molecule has 0 spiro atoms. The fraction of sp³-hybridized carbons (Fsp3) is 0.500. The monoisotopic (exact) mass is 296 g/mol. The predicted octanol–water partition coefficient (Wildman–Crippen LogP) is 1.96. The van der Waals surface area contributed by atoms with E-state index in [2.05, 4.69) is 28.8 Å². The van der Waals surface area contributed by atoms with Gasteiger partial charge in [0.1, 0.15) is 0 Å². The smallest absolute Gasteiger partial charge is 0.172 e. The topological polar surface area (TPSA) is 65.1 Å². The van der Waals surface area contributed by atoms with Gasteiger partial charge < -0.3 is 15.8 Å². The molecule has 0 saturated carbocycles. The number of hydrogen-bond acceptors (Lipinski definition) is 4. The first kappa shape index (κ1) is 14.9. The molecule has 1 aromatic rings. The van der Waals surface area contributed by atoms with E-state index in [0.29, 0.717) is 11.1 Å². The molecule has 0 aliphatic carbocycles. The standard InChI is InChI=1S/C14H21ClN4O/c1-10(2)18-5-7-19(8-6-18)13-9-11(15)3-4-12(13)14(16)17-20/h3-4,9-10,20H,5-8H2,1-2H3,(H2,16,17). The zero-order valence-corrected chi connectivity index (χ0v) is 12.6. The SMILES string of the molecule is CC(C)N1CCN(c2cc(Cl)ccc2C(N)=NO)CC1. The van der Waals surface area contributed by atoms with E-state index < -0.39 is 0 Å². The van der Waals surface area contributed by atoms with Crippen LogP contribution in [-0.4, -0.2) is 48.2 Å². The van der Waals surface area contributed by atoms with Crippen LogP contribution in [0.1, 0.15) is 19.4 Å². The van der Waals surface area contributed by atoms with E-state index in [4.69, 9.17) is 22.5 Å². The maximum absolute atomic E-state index is 8.90. The summed E-state index contributed by atoms with van der Waals surface area (Å²) < 4.78 is 0. The molecular weight excluding hydrogens is 276 g/mol. The van der Waals surface area contributed by atoms with Crippen LogP contribution in [0, 0.1) is 0 Å². The van der Waals surface area contributed by atoms with Crippen molar-refractivity contribution in [1.82, 2.24) is 4.90 Å². The Morgan fingerprint density at radius 1 is 1.30 bits per heavy atom. The van der Waals surface area contributed by atoms with E-state index in [9.17, 15) is 0 Å². The molecule has 1 aliphatic rings. The lowest BCUT2D eigenvalue weighted by Gasteiger charge is -2.38.